The van der Waals surface area contributed by atoms with Gasteiger partial charge in [-0.3, -0.25) is 9.78 Å². The van der Waals surface area contributed by atoms with E-state index in [0.717, 1.165) is 17.1 Å². The highest BCUT2D eigenvalue weighted by Gasteiger charge is 2.20. The number of carbonyl (C=O) groups excluding carboxylic acids is 1. The summed E-state index contributed by atoms with van der Waals surface area (Å²) in [5.41, 5.74) is 1.70. The van der Waals surface area contributed by atoms with Crippen molar-refractivity contribution in [3.05, 3.63) is 36.9 Å². The van der Waals surface area contributed by atoms with E-state index < -0.39 is 0 Å². The second-order valence-electron chi connectivity index (χ2n) is 4.95. The Balaban J connectivity index is 2.22. The number of anilines is 1. The van der Waals surface area contributed by atoms with Crippen molar-refractivity contribution in [2.75, 3.05) is 16.9 Å². The van der Waals surface area contributed by atoms with Crippen molar-refractivity contribution in [2.45, 2.75) is 26.3 Å². The van der Waals surface area contributed by atoms with Gasteiger partial charge >= 0.3 is 0 Å². The molecule has 0 fully saturated rings. The third-order valence-corrected chi connectivity index (χ3v) is 3.68. The number of aromatic nitrogens is 3. The number of carbonyl (C=O) groups is 1. The van der Waals surface area contributed by atoms with Gasteiger partial charge in [0.1, 0.15) is 0 Å². The maximum Gasteiger partial charge on any atom is 0.228 e. The fourth-order valence-electron chi connectivity index (χ4n) is 2.11. The van der Waals surface area contributed by atoms with E-state index in [-0.39, 0.29) is 11.9 Å². The molecule has 6 heteroatoms. The summed E-state index contributed by atoms with van der Waals surface area (Å²) in [7, 11) is 0. The lowest BCUT2D eigenvalue weighted by atomic mass is 10.2. The van der Waals surface area contributed by atoms with Crippen molar-refractivity contribution in [2.24, 2.45) is 0 Å². The van der Waals surface area contributed by atoms with E-state index in [0.29, 0.717) is 6.42 Å². The predicted octanol–water partition coefficient (Wildman–Crippen LogP) is 2.76. The first-order chi connectivity index (χ1) is 10.1. The Bertz CT molecular complexity index is 582. The largest absolute Gasteiger partial charge is 0.307 e. The van der Waals surface area contributed by atoms with Crippen molar-refractivity contribution in [1.82, 2.24) is 14.8 Å². The number of amides is 1. The quantitative estimate of drug-likeness (QED) is 0.823. The number of hydrogen-bond acceptors (Lipinski definition) is 4. The van der Waals surface area contributed by atoms with Crippen LogP contribution in [0.2, 0.25) is 0 Å². The molecule has 0 aliphatic rings. The molecule has 2 rings (SSSR count). The Morgan fingerprint density at radius 2 is 2.24 bits per heavy atom. The Labute approximate surface area is 129 Å². The highest BCUT2D eigenvalue weighted by Crippen LogP contribution is 2.19. The minimum atomic E-state index is 0.103. The molecule has 0 radical (unpaired) electrons. The van der Waals surface area contributed by atoms with Crippen LogP contribution in [0.3, 0.4) is 0 Å². The number of nitrogens with zero attached hydrogens (tertiary/aromatic N) is 4. The van der Waals surface area contributed by atoms with Gasteiger partial charge in [0, 0.05) is 24.4 Å². The average molecular weight is 304 g/mol. The number of hydrogen-bond donors (Lipinski definition) is 0. The van der Waals surface area contributed by atoms with Gasteiger partial charge in [-0.15, -0.1) is 0 Å². The van der Waals surface area contributed by atoms with Gasteiger partial charge in [0.2, 0.25) is 5.91 Å². The monoisotopic (exact) mass is 304 g/mol. The van der Waals surface area contributed by atoms with Crippen molar-refractivity contribution in [3.8, 4) is 5.69 Å². The van der Waals surface area contributed by atoms with Crippen LogP contribution >= 0.6 is 11.8 Å². The van der Waals surface area contributed by atoms with Crippen molar-refractivity contribution >= 4 is 23.4 Å². The van der Waals surface area contributed by atoms with Gasteiger partial charge in [0.25, 0.3) is 0 Å². The Morgan fingerprint density at radius 3 is 2.86 bits per heavy atom. The summed E-state index contributed by atoms with van der Waals surface area (Å²) in [6.07, 6.45) is 9.61. The molecule has 0 atom stereocenters. The number of rotatable bonds is 6. The molecular formula is C15H20N4OS. The van der Waals surface area contributed by atoms with Crippen LogP contribution in [0.1, 0.15) is 20.3 Å². The van der Waals surface area contributed by atoms with E-state index in [1.54, 1.807) is 39.9 Å². The Kier molecular flexibility index (Phi) is 5.38. The van der Waals surface area contributed by atoms with Gasteiger partial charge in [-0.25, -0.2) is 4.68 Å². The molecule has 0 bridgehead atoms. The summed E-state index contributed by atoms with van der Waals surface area (Å²) in [5.74, 6) is 0.962. The summed E-state index contributed by atoms with van der Waals surface area (Å²) in [6.45, 7) is 4.02. The Hall–Kier alpha value is -1.82. The molecule has 1 amide bonds. The summed E-state index contributed by atoms with van der Waals surface area (Å²) in [6, 6.07) is 3.89. The maximum absolute atomic E-state index is 12.4. The van der Waals surface area contributed by atoms with Gasteiger partial charge in [-0.2, -0.15) is 16.9 Å². The predicted molar refractivity (Wildman–Crippen MR) is 87.0 cm³/mol. The topological polar surface area (TPSA) is 51.0 Å². The zero-order valence-electron chi connectivity index (χ0n) is 12.6. The number of pyridine rings is 1. The molecule has 2 aromatic rings. The highest BCUT2D eigenvalue weighted by atomic mass is 32.2. The van der Waals surface area contributed by atoms with Gasteiger partial charge in [0.05, 0.1) is 30.0 Å². The lowest BCUT2D eigenvalue weighted by Crippen LogP contribution is -2.37. The molecular weight excluding hydrogens is 284 g/mol. The molecule has 0 N–H and O–H groups in total. The van der Waals surface area contributed by atoms with Crippen LogP contribution < -0.4 is 4.90 Å². The van der Waals surface area contributed by atoms with Crippen LogP contribution in [-0.4, -0.2) is 38.7 Å². The van der Waals surface area contributed by atoms with Crippen molar-refractivity contribution in [1.29, 1.82) is 0 Å². The van der Waals surface area contributed by atoms with E-state index in [2.05, 4.69) is 10.1 Å². The summed E-state index contributed by atoms with van der Waals surface area (Å²) in [4.78, 5) is 18.2. The first kappa shape index (κ1) is 15.6. The Morgan fingerprint density at radius 1 is 1.43 bits per heavy atom. The second-order valence-corrected chi connectivity index (χ2v) is 5.94. The molecule has 0 aliphatic heterocycles. The fourth-order valence-corrected chi connectivity index (χ4v) is 2.49. The summed E-state index contributed by atoms with van der Waals surface area (Å²) < 4.78 is 1.74. The lowest BCUT2D eigenvalue weighted by molar-refractivity contribution is -0.118. The number of thioether (sulfide) groups is 1. The molecule has 112 valence electrons. The molecule has 0 saturated heterocycles. The van der Waals surface area contributed by atoms with E-state index in [9.17, 15) is 4.79 Å². The first-order valence-electron chi connectivity index (χ1n) is 6.89. The van der Waals surface area contributed by atoms with E-state index >= 15 is 0 Å². The van der Waals surface area contributed by atoms with Crippen LogP contribution in [0.5, 0.6) is 0 Å². The van der Waals surface area contributed by atoms with E-state index in [1.165, 1.54) is 0 Å². The van der Waals surface area contributed by atoms with Crippen molar-refractivity contribution < 1.29 is 4.79 Å². The van der Waals surface area contributed by atoms with Gasteiger partial charge in [0.15, 0.2) is 0 Å². The highest BCUT2D eigenvalue weighted by molar-refractivity contribution is 7.98. The molecule has 21 heavy (non-hydrogen) atoms. The molecule has 0 unspecified atom stereocenters. The van der Waals surface area contributed by atoms with Gasteiger partial charge in [-0.1, -0.05) is 0 Å². The third-order valence-electron chi connectivity index (χ3n) is 3.06. The first-order valence-corrected chi connectivity index (χ1v) is 8.29. The summed E-state index contributed by atoms with van der Waals surface area (Å²) >= 11 is 1.68. The zero-order chi connectivity index (χ0) is 15.2. The van der Waals surface area contributed by atoms with Gasteiger partial charge < -0.3 is 4.90 Å². The lowest BCUT2D eigenvalue weighted by Gasteiger charge is -2.25. The third kappa shape index (κ3) is 3.85. The average Bonchev–Trinajstić information content (AvgIpc) is 2.95. The molecule has 5 nitrogen and oxygen atoms in total. The fraction of sp³-hybridized carbons (Fsp3) is 0.400. The van der Waals surface area contributed by atoms with Crippen LogP contribution in [0.4, 0.5) is 5.69 Å². The maximum atomic E-state index is 12.4. The normalized spacial score (nSPS) is 10.9. The smallest absolute Gasteiger partial charge is 0.228 e. The van der Waals surface area contributed by atoms with Crippen LogP contribution in [0.15, 0.2) is 36.9 Å². The van der Waals surface area contributed by atoms with Gasteiger partial charge in [-0.05, 0) is 32.2 Å². The van der Waals surface area contributed by atoms with Crippen LogP contribution in [-0.2, 0) is 4.79 Å². The molecule has 0 aromatic carbocycles. The standard InChI is InChI=1S/C15H20N4OS/c1-12(2)19(15(20)6-8-21-3)14-10-17-18(11-14)13-5-4-7-16-9-13/h4-5,7,9-12H,6,8H2,1-3H3. The molecule has 0 aliphatic carbocycles. The summed E-state index contributed by atoms with van der Waals surface area (Å²) in [5, 5.41) is 4.33. The SMILES string of the molecule is CSCCC(=O)N(c1cnn(-c2cccnc2)c1)C(C)C. The molecule has 2 heterocycles. The minimum absolute atomic E-state index is 0.103. The van der Waals surface area contributed by atoms with E-state index in [4.69, 9.17) is 0 Å². The van der Waals surface area contributed by atoms with Crippen LogP contribution in [0.25, 0.3) is 5.69 Å². The zero-order valence-corrected chi connectivity index (χ0v) is 13.4. The van der Waals surface area contributed by atoms with E-state index in [1.807, 2.05) is 38.4 Å². The molecule has 2 aromatic heterocycles. The molecule has 0 saturated carbocycles. The van der Waals surface area contributed by atoms with Crippen molar-refractivity contribution in [3.63, 3.8) is 0 Å². The molecule has 0 spiro atoms. The minimum Gasteiger partial charge on any atom is -0.307 e. The second kappa shape index (κ2) is 7.26. The van der Waals surface area contributed by atoms with Crippen LogP contribution in [0, 0.1) is 0 Å².